The van der Waals surface area contributed by atoms with E-state index in [0.717, 1.165) is 5.69 Å². The van der Waals surface area contributed by atoms with Gasteiger partial charge in [-0.15, -0.1) is 0 Å². The minimum absolute atomic E-state index is 0.0945. The molecule has 0 saturated carbocycles. The number of pyridine rings is 1. The monoisotopic (exact) mass is 341 g/mol. The van der Waals surface area contributed by atoms with Crippen LogP contribution in [-0.2, 0) is 9.59 Å². The first kappa shape index (κ1) is 16.8. The van der Waals surface area contributed by atoms with Gasteiger partial charge in [0.25, 0.3) is 5.56 Å². The van der Waals surface area contributed by atoms with E-state index in [9.17, 15) is 14.4 Å². The highest BCUT2D eigenvalue weighted by atomic mass is 16.5. The number of rotatable bonds is 4. The Bertz CT molecular complexity index is 857. The Kier molecular flexibility index (Phi) is 4.56. The molecule has 7 nitrogen and oxygen atoms in total. The van der Waals surface area contributed by atoms with Gasteiger partial charge in [-0.25, -0.2) is 0 Å². The number of carbonyl (C=O) groups is 2. The first-order valence-electron chi connectivity index (χ1n) is 7.92. The summed E-state index contributed by atoms with van der Waals surface area (Å²) in [7, 11) is 1.58. The summed E-state index contributed by atoms with van der Waals surface area (Å²) in [6.07, 6.45) is 1.60. The van der Waals surface area contributed by atoms with Gasteiger partial charge in [0.15, 0.2) is 0 Å². The van der Waals surface area contributed by atoms with Crippen molar-refractivity contribution >= 4 is 23.2 Å². The number of ether oxygens (including phenoxy) is 1. The first-order valence-corrected chi connectivity index (χ1v) is 7.92. The fourth-order valence-corrected chi connectivity index (χ4v) is 2.81. The van der Waals surface area contributed by atoms with Crippen molar-refractivity contribution in [1.82, 2.24) is 4.98 Å². The third kappa shape index (κ3) is 3.55. The molecule has 0 aliphatic carbocycles. The van der Waals surface area contributed by atoms with Crippen LogP contribution in [0.15, 0.2) is 41.3 Å². The van der Waals surface area contributed by atoms with Gasteiger partial charge in [-0.2, -0.15) is 0 Å². The number of aromatic amines is 1. The zero-order chi connectivity index (χ0) is 18.0. The fourth-order valence-electron chi connectivity index (χ4n) is 2.81. The molecule has 1 aromatic heterocycles. The van der Waals surface area contributed by atoms with Crippen LogP contribution in [0.4, 0.5) is 11.4 Å². The number of benzene rings is 1. The molecule has 7 heteroatoms. The molecular formula is C18H19N3O4. The minimum atomic E-state index is -0.443. The summed E-state index contributed by atoms with van der Waals surface area (Å²) >= 11 is 0. The number of aryl methyl sites for hydroxylation is 1. The quantitative estimate of drug-likeness (QED) is 0.885. The van der Waals surface area contributed by atoms with Crippen LogP contribution in [0.3, 0.4) is 0 Å². The molecular weight excluding hydrogens is 322 g/mol. The third-order valence-corrected chi connectivity index (χ3v) is 4.24. The molecule has 1 aliphatic heterocycles. The SMILES string of the molecule is COc1ccc(N2C[C@H](C(=O)Nc3c[nH]c(=O)c(C)c3)CC2=O)cc1. The Morgan fingerprint density at radius 2 is 2.00 bits per heavy atom. The second kappa shape index (κ2) is 6.80. The van der Waals surface area contributed by atoms with Crippen molar-refractivity contribution in [2.45, 2.75) is 13.3 Å². The predicted molar refractivity (Wildman–Crippen MR) is 93.9 cm³/mol. The standard InChI is InChI=1S/C18H19N3O4/c1-11-7-13(9-19-17(11)23)20-18(24)12-8-16(22)21(10-12)14-3-5-15(25-2)6-4-14/h3-7,9,12H,8,10H2,1-2H3,(H,19,23)(H,20,24)/t12-/m1/s1. The number of amides is 2. The van der Waals surface area contributed by atoms with E-state index in [0.29, 0.717) is 23.5 Å². The van der Waals surface area contributed by atoms with Gasteiger partial charge in [0, 0.05) is 30.4 Å². The number of nitrogens with zero attached hydrogens (tertiary/aromatic N) is 1. The summed E-state index contributed by atoms with van der Waals surface area (Å²) in [6.45, 7) is 1.98. The first-order chi connectivity index (χ1) is 12.0. The molecule has 25 heavy (non-hydrogen) atoms. The van der Waals surface area contributed by atoms with E-state index in [2.05, 4.69) is 10.3 Å². The number of anilines is 2. The summed E-state index contributed by atoms with van der Waals surface area (Å²) in [5, 5.41) is 2.75. The molecule has 130 valence electrons. The maximum Gasteiger partial charge on any atom is 0.250 e. The highest BCUT2D eigenvalue weighted by molar-refractivity contribution is 6.03. The zero-order valence-electron chi connectivity index (χ0n) is 14.0. The Morgan fingerprint density at radius 1 is 1.28 bits per heavy atom. The lowest BCUT2D eigenvalue weighted by Gasteiger charge is -2.17. The predicted octanol–water partition coefficient (Wildman–Crippen LogP) is 1.68. The molecule has 2 heterocycles. The summed E-state index contributed by atoms with van der Waals surface area (Å²) < 4.78 is 5.11. The summed E-state index contributed by atoms with van der Waals surface area (Å²) in [6, 6.07) is 8.75. The molecule has 0 spiro atoms. The lowest BCUT2D eigenvalue weighted by Crippen LogP contribution is -2.28. The lowest BCUT2D eigenvalue weighted by atomic mass is 10.1. The van der Waals surface area contributed by atoms with Crippen LogP contribution in [0.5, 0.6) is 5.75 Å². The molecule has 0 unspecified atom stereocenters. The van der Waals surface area contributed by atoms with Gasteiger partial charge < -0.3 is 19.9 Å². The van der Waals surface area contributed by atoms with E-state index in [-0.39, 0.29) is 23.8 Å². The average Bonchev–Trinajstić information content (AvgIpc) is 3.00. The van der Waals surface area contributed by atoms with Crippen LogP contribution < -0.4 is 20.5 Å². The number of carbonyl (C=O) groups excluding carboxylic acids is 2. The summed E-state index contributed by atoms with van der Waals surface area (Å²) in [5.74, 6) is -0.0706. The molecule has 1 aliphatic rings. The second-order valence-electron chi connectivity index (χ2n) is 5.99. The molecule has 1 saturated heterocycles. The van der Waals surface area contributed by atoms with Crippen molar-refractivity contribution in [2.75, 3.05) is 23.9 Å². The van der Waals surface area contributed by atoms with Gasteiger partial charge in [-0.1, -0.05) is 0 Å². The Labute approximate surface area is 144 Å². The Morgan fingerprint density at radius 3 is 2.64 bits per heavy atom. The number of hydrogen-bond acceptors (Lipinski definition) is 4. The van der Waals surface area contributed by atoms with Crippen LogP contribution in [-0.4, -0.2) is 30.5 Å². The van der Waals surface area contributed by atoms with E-state index in [1.165, 1.54) is 6.20 Å². The van der Waals surface area contributed by atoms with Crippen molar-refractivity contribution in [3.8, 4) is 5.75 Å². The summed E-state index contributed by atoms with van der Waals surface area (Å²) in [4.78, 5) is 40.2. The number of hydrogen-bond donors (Lipinski definition) is 2. The lowest BCUT2D eigenvalue weighted by molar-refractivity contribution is -0.122. The van der Waals surface area contributed by atoms with E-state index in [1.54, 1.807) is 49.3 Å². The van der Waals surface area contributed by atoms with Crippen LogP contribution in [0, 0.1) is 12.8 Å². The van der Waals surface area contributed by atoms with Crippen molar-refractivity contribution < 1.29 is 14.3 Å². The highest BCUT2D eigenvalue weighted by Gasteiger charge is 2.35. The van der Waals surface area contributed by atoms with Gasteiger partial charge in [-0.3, -0.25) is 14.4 Å². The van der Waals surface area contributed by atoms with Gasteiger partial charge in [0.05, 0.1) is 18.7 Å². The second-order valence-corrected chi connectivity index (χ2v) is 5.99. The van der Waals surface area contributed by atoms with Crippen molar-refractivity contribution in [3.05, 3.63) is 52.4 Å². The number of H-pyrrole nitrogens is 1. The molecule has 1 fully saturated rings. The molecule has 1 atom stereocenters. The summed E-state index contributed by atoms with van der Waals surface area (Å²) in [5.41, 5.74) is 1.57. The molecule has 0 radical (unpaired) electrons. The maximum absolute atomic E-state index is 12.4. The molecule has 3 rings (SSSR count). The highest BCUT2D eigenvalue weighted by Crippen LogP contribution is 2.27. The van der Waals surface area contributed by atoms with Crippen LogP contribution in [0.1, 0.15) is 12.0 Å². The minimum Gasteiger partial charge on any atom is -0.497 e. The largest absolute Gasteiger partial charge is 0.497 e. The van der Waals surface area contributed by atoms with E-state index in [4.69, 9.17) is 4.74 Å². The average molecular weight is 341 g/mol. The van der Waals surface area contributed by atoms with Gasteiger partial charge in [0.1, 0.15) is 5.75 Å². The van der Waals surface area contributed by atoms with Crippen LogP contribution >= 0.6 is 0 Å². The molecule has 1 aromatic carbocycles. The number of aromatic nitrogens is 1. The van der Waals surface area contributed by atoms with Crippen molar-refractivity contribution in [1.29, 1.82) is 0 Å². The molecule has 0 bridgehead atoms. The molecule has 2 N–H and O–H groups in total. The smallest absolute Gasteiger partial charge is 0.250 e. The Balaban J connectivity index is 1.69. The van der Waals surface area contributed by atoms with Crippen molar-refractivity contribution in [2.24, 2.45) is 5.92 Å². The van der Waals surface area contributed by atoms with E-state index >= 15 is 0 Å². The third-order valence-electron chi connectivity index (χ3n) is 4.24. The number of methoxy groups -OCH3 is 1. The molecule has 2 aromatic rings. The number of nitrogens with one attached hydrogen (secondary N) is 2. The van der Waals surface area contributed by atoms with Crippen LogP contribution in [0.25, 0.3) is 0 Å². The van der Waals surface area contributed by atoms with Crippen molar-refractivity contribution in [3.63, 3.8) is 0 Å². The maximum atomic E-state index is 12.4. The van der Waals surface area contributed by atoms with Crippen LogP contribution in [0.2, 0.25) is 0 Å². The molecule has 2 amide bonds. The van der Waals surface area contributed by atoms with E-state index in [1.807, 2.05) is 0 Å². The fraction of sp³-hybridized carbons (Fsp3) is 0.278. The Hall–Kier alpha value is -3.09. The van der Waals surface area contributed by atoms with Gasteiger partial charge >= 0.3 is 0 Å². The van der Waals surface area contributed by atoms with E-state index < -0.39 is 5.92 Å². The normalized spacial score (nSPS) is 16.8. The topological polar surface area (TPSA) is 91.5 Å². The zero-order valence-corrected chi connectivity index (χ0v) is 14.0. The van der Waals surface area contributed by atoms with Gasteiger partial charge in [-0.05, 0) is 37.3 Å². The van der Waals surface area contributed by atoms with Gasteiger partial charge in [0.2, 0.25) is 11.8 Å².